The number of nitrogens with one attached hydrogen (secondary N) is 1. The van der Waals surface area contributed by atoms with Crippen LogP contribution in [0.15, 0.2) is 4.99 Å². The second-order valence-electron chi connectivity index (χ2n) is 4.00. The number of aliphatic imine (C=N–C) groups is 1. The van der Waals surface area contributed by atoms with Crippen molar-refractivity contribution in [3.05, 3.63) is 10.1 Å². The van der Waals surface area contributed by atoms with E-state index in [1.807, 2.05) is 0 Å². The van der Waals surface area contributed by atoms with Gasteiger partial charge < -0.3 is 34.2 Å². The number of guanidine groups is 1. The highest BCUT2D eigenvalue weighted by Gasteiger charge is 2.05. The van der Waals surface area contributed by atoms with E-state index in [-0.39, 0.29) is 29.9 Å². The van der Waals surface area contributed by atoms with Crippen molar-refractivity contribution in [3.63, 3.8) is 0 Å². The summed E-state index contributed by atoms with van der Waals surface area (Å²) in [6.45, 7) is 1.46. The molecule has 0 atom stereocenters. The van der Waals surface area contributed by atoms with Crippen molar-refractivity contribution in [2.24, 2.45) is 10.7 Å². The zero-order chi connectivity index (χ0) is 11.2. The van der Waals surface area contributed by atoms with Crippen LogP contribution in [-0.2, 0) is 0 Å². The Balaban J connectivity index is 0. The molecule has 3 N–H and O–H groups in total. The van der Waals surface area contributed by atoms with Crippen molar-refractivity contribution in [1.29, 1.82) is 0 Å². The van der Waals surface area contributed by atoms with E-state index < -0.39 is 5.03 Å². The van der Waals surface area contributed by atoms with Gasteiger partial charge in [0.1, 0.15) is 0 Å². The molecule has 0 amide bonds. The summed E-state index contributed by atoms with van der Waals surface area (Å²) in [6, 6.07) is 0. The third-order valence-corrected chi connectivity index (χ3v) is 1.48. The topological polar surface area (TPSA) is 93.5 Å². The lowest BCUT2D eigenvalue weighted by atomic mass is 10.4. The lowest BCUT2D eigenvalue weighted by molar-refractivity contribution is -0.870. The fourth-order valence-corrected chi connectivity index (χ4v) is 0.873. The van der Waals surface area contributed by atoms with Crippen LogP contribution >= 0.6 is 0 Å². The first-order chi connectivity index (χ1) is 6.31. The molecule has 0 aromatic rings. The Morgan fingerprint density at radius 1 is 1.53 bits per heavy atom. The van der Waals surface area contributed by atoms with E-state index in [0.29, 0.717) is 6.54 Å². The normalized spacial score (nSPS) is 11.8. The van der Waals surface area contributed by atoms with Crippen molar-refractivity contribution in [3.8, 4) is 0 Å². The monoisotopic (exact) mass is 331 g/mol. The molecule has 0 aliphatic heterocycles. The average molecular weight is 331 g/mol. The second-order valence-corrected chi connectivity index (χ2v) is 4.00. The Hall–Kier alpha value is -0.640. The van der Waals surface area contributed by atoms with Crippen LogP contribution in [0.2, 0.25) is 0 Å². The van der Waals surface area contributed by atoms with Crippen LogP contribution < -0.4 is 35.1 Å². The molecule has 0 rings (SSSR count). The zero-order valence-electron chi connectivity index (χ0n) is 9.23. The van der Waals surface area contributed by atoms with Crippen molar-refractivity contribution >= 4 is 5.96 Å². The molecule has 0 aliphatic carbocycles. The summed E-state index contributed by atoms with van der Waals surface area (Å²) in [4.78, 5) is 13.7. The van der Waals surface area contributed by atoms with E-state index in [1.54, 1.807) is 5.43 Å². The molecule has 0 unspecified atom stereocenters. The molecule has 0 aromatic carbocycles. The van der Waals surface area contributed by atoms with E-state index in [9.17, 15) is 10.1 Å². The first kappa shape index (κ1) is 16.8. The van der Waals surface area contributed by atoms with Crippen LogP contribution in [0.1, 0.15) is 6.42 Å². The maximum atomic E-state index is 9.93. The molecule has 0 heterocycles. The van der Waals surface area contributed by atoms with Gasteiger partial charge in [-0.15, -0.1) is 0 Å². The predicted molar refractivity (Wildman–Crippen MR) is 54.1 cm³/mol. The number of hydrazine groups is 1. The van der Waals surface area contributed by atoms with Crippen LogP contribution in [0.5, 0.6) is 0 Å². The minimum absolute atomic E-state index is 0. The van der Waals surface area contributed by atoms with Crippen molar-refractivity contribution in [2.75, 3.05) is 34.2 Å². The standard InChI is InChI=1S/C7H18N5O2.HI/c1-12(2,3)6-4-5-9-7(8)10-11(13)14;/h4-6H2,1-3H3,(H3,8,9,10);1H/q+1;/p-1. The molecule has 0 spiro atoms. The number of quaternary nitrogens is 1. The van der Waals surface area contributed by atoms with E-state index in [0.717, 1.165) is 17.4 Å². The highest BCUT2D eigenvalue weighted by atomic mass is 127. The molecule has 0 bridgehead atoms. The Labute approximate surface area is 106 Å². The maximum absolute atomic E-state index is 9.93. The molecule has 0 radical (unpaired) electrons. The summed E-state index contributed by atoms with van der Waals surface area (Å²) in [5.74, 6) is -0.142. The number of hydrogen-bond acceptors (Lipinski definition) is 3. The molecule has 0 aromatic heterocycles. The maximum Gasteiger partial charge on any atom is 0.251 e. The SMILES string of the molecule is C[N+](C)(C)CCCN=C(N)N[N+](=O)[O-].[I-]. The highest BCUT2D eigenvalue weighted by molar-refractivity contribution is 5.76. The minimum atomic E-state index is -0.724. The van der Waals surface area contributed by atoms with E-state index in [4.69, 9.17) is 5.73 Å². The summed E-state index contributed by atoms with van der Waals surface area (Å²) in [5, 5.41) is 9.21. The average Bonchev–Trinajstić information content (AvgIpc) is 1.95. The van der Waals surface area contributed by atoms with E-state index in [1.165, 1.54) is 0 Å². The fraction of sp³-hybridized carbons (Fsp3) is 0.857. The van der Waals surface area contributed by atoms with Crippen LogP contribution in [0.3, 0.4) is 0 Å². The largest absolute Gasteiger partial charge is 1.00 e. The molecule has 0 saturated heterocycles. The van der Waals surface area contributed by atoms with Crippen LogP contribution in [-0.4, -0.2) is 49.7 Å². The smallest absolute Gasteiger partial charge is 0.251 e. The van der Waals surface area contributed by atoms with Crippen molar-refractivity contribution < 1.29 is 33.5 Å². The van der Waals surface area contributed by atoms with E-state index in [2.05, 4.69) is 26.1 Å². The summed E-state index contributed by atoms with van der Waals surface area (Å²) >= 11 is 0. The first-order valence-corrected chi connectivity index (χ1v) is 4.33. The molecule has 0 fully saturated rings. The Morgan fingerprint density at radius 2 is 2.07 bits per heavy atom. The molecule has 0 aliphatic rings. The molecular weight excluding hydrogens is 313 g/mol. The molecule has 15 heavy (non-hydrogen) atoms. The third kappa shape index (κ3) is 13.4. The molecule has 0 saturated carbocycles. The number of nitrogens with two attached hydrogens (primary N) is 1. The number of halogens is 1. The number of nitro groups is 1. The van der Waals surface area contributed by atoms with Gasteiger partial charge in [-0.25, -0.2) is 15.1 Å². The van der Waals surface area contributed by atoms with Gasteiger partial charge >= 0.3 is 0 Å². The zero-order valence-corrected chi connectivity index (χ0v) is 11.4. The van der Waals surface area contributed by atoms with E-state index >= 15 is 0 Å². The van der Waals surface area contributed by atoms with Crippen LogP contribution in [0, 0.1) is 10.1 Å². The van der Waals surface area contributed by atoms with Gasteiger partial charge in [0.15, 0.2) is 5.03 Å². The van der Waals surface area contributed by atoms with Gasteiger partial charge in [-0.2, -0.15) is 0 Å². The number of rotatable bonds is 5. The lowest BCUT2D eigenvalue weighted by Gasteiger charge is -2.23. The minimum Gasteiger partial charge on any atom is -1.00 e. The first-order valence-electron chi connectivity index (χ1n) is 4.33. The Morgan fingerprint density at radius 3 is 2.47 bits per heavy atom. The van der Waals surface area contributed by atoms with Gasteiger partial charge in [0, 0.05) is 13.0 Å². The summed E-state index contributed by atoms with van der Waals surface area (Å²) in [5.41, 5.74) is 7.00. The number of hydrogen-bond donors (Lipinski definition) is 2. The Bertz CT molecular complexity index is 226. The quantitative estimate of drug-likeness (QED) is 0.103. The second kappa shape index (κ2) is 7.63. The number of nitrogens with zero attached hydrogens (tertiary/aromatic N) is 3. The van der Waals surface area contributed by atoms with Crippen molar-refractivity contribution in [2.45, 2.75) is 6.42 Å². The summed E-state index contributed by atoms with van der Waals surface area (Å²) in [7, 11) is 6.22. The van der Waals surface area contributed by atoms with Gasteiger partial charge in [0.25, 0.3) is 5.96 Å². The van der Waals surface area contributed by atoms with Gasteiger partial charge in [-0.3, -0.25) is 0 Å². The third-order valence-electron chi connectivity index (χ3n) is 1.48. The van der Waals surface area contributed by atoms with Gasteiger partial charge in [0.05, 0.1) is 27.7 Å². The van der Waals surface area contributed by atoms with Gasteiger partial charge in [0.2, 0.25) is 0 Å². The molecule has 8 heteroatoms. The molecule has 7 nitrogen and oxygen atoms in total. The van der Waals surface area contributed by atoms with Crippen molar-refractivity contribution in [1.82, 2.24) is 5.43 Å². The lowest BCUT2D eigenvalue weighted by Crippen LogP contribution is -3.00. The summed E-state index contributed by atoms with van der Waals surface area (Å²) < 4.78 is 0.845. The molecular formula is C7H18IN5O2. The predicted octanol–water partition coefficient (Wildman–Crippen LogP) is -3.82. The molecule has 90 valence electrons. The Kier molecular flexibility index (Phi) is 8.53. The van der Waals surface area contributed by atoms with Gasteiger partial charge in [-0.05, 0) is 0 Å². The van der Waals surface area contributed by atoms with Crippen LogP contribution in [0.25, 0.3) is 0 Å². The van der Waals surface area contributed by atoms with Gasteiger partial charge in [-0.1, -0.05) is 5.43 Å². The summed E-state index contributed by atoms with van der Waals surface area (Å²) in [6.07, 6.45) is 0.851. The fourth-order valence-electron chi connectivity index (χ4n) is 0.873. The highest BCUT2D eigenvalue weighted by Crippen LogP contribution is 1.93. The van der Waals surface area contributed by atoms with Crippen LogP contribution in [0.4, 0.5) is 0 Å².